The van der Waals surface area contributed by atoms with Crippen molar-refractivity contribution in [2.45, 2.75) is 72.6 Å². The fraction of sp³-hybridized carbons (Fsp3) is 0.684. The van der Waals surface area contributed by atoms with Gasteiger partial charge in [0.1, 0.15) is 0 Å². The number of rotatable bonds is 2. The third kappa shape index (κ3) is 3.22. The van der Waals surface area contributed by atoms with E-state index in [1.807, 2.05) is 23.5 Å². The van der Waals surface area contributed by atoms with Gasteiger partial charge in [-0.05, 0) is 24.7 Å². The van der Waals surface area contributed by atoms with Gasteiger partial charge in [0.25, 0.3) is 0 Å². The average molecular weight is 316 g/mol. The normalized spacial score (nSPS) is 13.0. The zero-order chi connectivity index (χ0) is 17.7. The fourth-order valence-corrected chi connectivity index (χ4v) is 3.82. The Balaban J connectivity index is 2.60. The second-order valence-corrected chi connectivity index (χ2v) is 8.74. The summed E-state index contributed by atoms with van der Waals surface area (Å²) in [5, 5.41) is 9.50. The first-order chi connectivity index (χ1) is 10.3. The Kier molecular flexibility index (Phi) is 4.25. The number of aromatic nitrogens is 4. The highest BCUT2D eigenvalue weighted by molar-refractivity contribution is 5.39. The monoisotopic (exact) mass is 316 g/mol. The van der Waals surface area contributed by atoms with E-state index in [2.05, 4.69) is 60.5 Å². The molecule has 0 N–H and O–H groups in total. The molecule has 0 spiro atoms. The summed E-state index contributed by atoms with van der Waals surface area (Å²) in [6.45, 7) is 17.8. The summed E-state index contributed by atoms with van der Waals surface area (Å²) in [6.07, 6.45) is 0.832. The van der Waals surface area contributed by atoms with Crippen molar-refractivity contribution in [1.29, 1.82) is 0 Å². The van der Waals surface area contributed by atoms with Gasteiger partial charge in [0.15, 0.2) is 0 Å². The highest BCUT2D eigenvalue weighted by Crippen LogP contribution is 2.33. The van der Waals surface area contributed by atoms with Crippen LogP contribution in [-0.2, 0) is 31.3 Å². The molecule has 0 aliphatic rings. The maximum absolute atomic E-state index is 4.82. The first-order valence-corrected chi connectivity index (χ1v) is 8.40. The minimum Gasteiger partial charge on any atom is -0.272 e. The highest BCUT2D eigenvalue weighted by atomic mass is 15.3. The van der Waals surface area contributed by atoms with E-state index in [4.69, 9.17) is 5.10 Å². The summed E-state index contributed by atoms with van der Waals surface area (Å²) in [4.78, 5) is 0. The van der Waals surface area contributed by atoms with Crippen molar-refractivity contribution in [2.24, 2.45) is 14.1 Å². The van der Waals surface area contributed by atoms with E-state index in [0.717, 1.165) is 12.1 Å². The summed E-state index contributed by atoms with van der Waals surface area (Å²) < 4.78 is 4.04. The predicted molar refractivity (Wildman–Crippen MR) is 96.1 cm³/mol. The van der Waals surface area contributed by atoms with E-state index in [1.165, 1.54) is 28.2 Å². The van der Waals surface area contributed by atoms with E-state index in [0.29, 0.717) is 0 Å². The van der Waals surface area contributed by atoms with Crippen LogP contribution >= 0.6 is 0 Å². The Morgan fingerprint density at radius 1 is 0.783 bits per heavy atom. The number of aryl methyl sites for hydroxylation is 3. The molecular weight excluding hydrogens is 284 g/mol. The molecule has 0 atom stereocenters. The van der Waals surface area contributed by atoms with Gasteiger partial charge < -0.3 is 0 Å². The third-order valence-corrected chi connectivity index (χ3v) is 4.58. The van der Waals surface area contributed by atoms with Crippen LogP contribution in [0.1, 0.15) is 75.4 Å². The molecule has 2 rings (SSSR count). The first-order valence-electron chi connectivity index (χ1n) is 8.40. The molecule has 0 saturated carbocycles. The molecule has 2 heterocycles. The van der Waals surface area contributed by atoms with Gasteiger partial charge in [0.2, 0.25) is 0 Å². The number of nitrogens with zero attached hydrogens (tertiary/aromatic N) is 4. The summed E-state index contributed by atoms with van der Waals surface area (Å²) in [5.41, 5.74) is 7.71. The van der Waals surface area contributed by atoms with Crippen LogP contribution in [0.3, 0.4) is 0 Å². The minimum atomic E-state index is 0.0827. The van der Waals surface area contributed by atoms with Crippen LogP contribution in [0.5, 0.6) is 0 Å². The molecule has 0 radical (unpaired) electrons. The minimum absolute atomic E-state index is 0.0827. The van der Waals surface area contributed by atoms with Crippen molar-refractivity contribution in [2.75, 3.05) is 0 Å². The van der Waals surface area contributed by atoms with Crippen LogP contribution in [0.25, 0.3) is 0 Å². The van der Waals surface area contributed by atoms with Crippen molar-refractivity contribution in [3.05, 3.63) is 33.9 Å². The topological polar surface area (TPSA) is 35.6 Å². The van der Waals surface area contributed by atoms with Crippen LogP contribution < -0.4 is 0 Å². The maximum Gasteiger partial charge on any atom is 0.0724 e. The molecule has 128 valence electrons. The van der Waals surface area contributed by atoms with E-state index in [-0.39, 0.29) is 10.8 Å². The van der Waals surface area contributed by atoms with Crippen LogP contribution in [0.15, 0.2) is 0 Å². The van der Waals surface area contributed by atoms with Crippen LogP contribution in [0.2, 0.25) is 0 Å². The SMILES string of the molecule is Cc1nn(C)c(Cc2nn(C)c(C)c2C(C)(C)C)c1C(C)(C)C. The summed E-state index contributed by atoms with van der Waals surface area (Å²) in [7, 11) is 4.08. The molecule has 2 aromatic rings. The standard InChI is InChI=1S/C19H32N4/c1-12-16(18(3,4)5)15(23(10)20-12)11-14-17(19(6,7)8)13(2)22(9)21-14/h11H2,1-10H3. The average Bonchev–Trinajstić information content (AvgIpc) is 2.76. The highest BCUT2D eigenvalue weighted by Gasteiger charge is 2.29. The van der Waals surface area contributed by atoms with Gasteiger partial charge in [0.05, 0.1) is 11.4 Å². The molecule has 0 amide bonds. The van der Waals surface area contributed by atoms with Crippen LogP contribution in [0.4, 0.5) is 0 Å². The first kappa shape index (κ1) is 17.8. The Bertz CT molecular complexity index is 718. The quantitative estimate of drug-likeness (QED) is 0.841. The second kappa shape index (κ2) is 5.50. The predicted octanol–water partition coefficient (Wildman–Crippen LogP) is 3.96. The molecule has 4 nitrogen and oxygen atoms in total. The summed E-state index contributed by atoms with van der Waals surface area (Å²) in [6, 6.07) is 0. The van der Waals surface area contributed by atoms with Gasteiger partial charge in [-0.2, -0.15) is 10.2 Å². The molecule has 0 saturated heterocycles. The summed E-state index contributed by atoms with van der Waals surface area (Å²) in [5.74, 6) is 0. The maximum atomic E-state index is 4.82. The zero-order valence-corrected chi connectivity index (χ0v) is 16.5. The van der Waals surface area contributed by atoms with Gasteiger partial charge in [0, 0.05) is 43.0 Å². The van der Waals surface area contributed by atoms with E-state index < -0.39 is 0 Å². The second-order valence-electron chi connectivity index (χ2n) is 8.74. The van der Waals surface area contributed by atoms with Gasteiger partial charge in [-0.25, -0.2) is 0 Å². The third-order valence-electron chi connectivity index (χ3n) is 4.58. The molecule has 0 fully saturated rings. The Morgan fingerprint density at radius 2 is 1.30 bits per heavy atom. The zero-order valence-electron chi connectivity index (χ0n) is 16.5. The Hall–Kier alpha value is -1.58. The van der Waals surface area contributed by atoms with Gasteiger partial charge in [-0.15, -0.1) is 0 Å². The van der Waals surface area contributed by atoms with Crippen LogP contribution in [0, 0.1) is 13.8 Å². The van der Waals surface area contributed by atoms with Gasteiger partial charge in [-0.1, -0.05) is 41.5 Å². The molecule has 4 heteroatoms. The largest absolute Gasteiger partial charge is 0.272 e. The van der Waals surface area contributed by atoms with E-state index in [9.17, 15) is 0 Å². The molecule has 0 aromatic carbocycles. The molecule has 0 bridgehead atoms. The lowest BCUT2D eigenvalue weighted by molar-refractivity contribution is 0.569. The molecule has 2 aromatic heterocycles. The van der Waals surface area contributed by atoms with Crippen molar-refractivity contribution in [3.8, 4) is 0 Å². The number of hydrogen-bond donors (Lipinski definition) is 0. The van der Waals surface area contributed by atoms with Crippen molar-refractivity contribution < 1.29 is 0 Å². The smallest absolute Gasteiger partial charge is 0.0724 e. The molecule has 0 aliphatic heterocycles. The molecule has 0 aliphatic carbocycles. The molecular formula is C19H32N4. The van der Waals surface area contributed by atoms with Crippen molar-refractivity contribution in [1.82, 2.24) is 19.6 Å². The number of hydrogen-bond acceptors (Lipinski definition) is 2. The fourth-order valence-electron chi connectivity index (χ4n) is 3.82. The molecule has 23 heavy (non-hydrogen) atoms. The lowest BCUT2D eigenvalue weighted by Gasteiger charge is -2.22. The Labute approximate surface area is 140 Å². The van der Waals surface area contributed by atoms with Crippen molar-refractivity contribution >= 4 is 0 Å². The lowest BCUT2D eigenvalue weighted by atomic mass is 9.81. The molecule has 0 unspecified atom stereocenters. The van der Waals surface area contributed by atoms with E-state index >= 15 is 0 Å². The Morgan fingerprint density at radius 3 is 1.78 bits per heavy atom. The van der Waals surface area contributed by atoms with E-state index in [1.54, 1.807) is 0 Å². The van der Waals surface area contributed by atoms with Crippen molar-refractivity contribution in [3.63, 3.8) is 0 Å². The lowest BCUT2D eigenvalue weighted by Crippen LogP contribution is -2.18. The summed E-state index contributed by atoms with van der Waals surface area (Å²) >= 11 is 0. The van der Waals surface area contributed by atoms with Gasteiger partial charge >= 0.3 is 0 Å². The van der Waals surface area contributed by atoms with Crippen LogP contribution in [-0.4, -0.2) is 19.6 Å². The van der Waals surface area contributed by atoms with Gasteiger partial charge in [-0.3, -0.25) is 9.36 Å².